The molecule has 1 aromatic carbocycles. The number of nitrogens with one attached hydrogen (secondary N) is 1. The molecule has 1 amide bonds. The van der Waals surface area contributed by atoms with Crippen LogP contribution in [0.5, 0.6) is 5.75 Å². The number of rotatable bonds is 3. The zero-order valence-corrected chi connectivity index (χ0v) is 12.0. The van der Waals surface area contributed by atoms with E-state index < -0.39 is 12.3 Å². The number of aromatic hydroxyl groups is 1. The van der Waals surface area contributed by atoms with E-state index >= 15 is 0 Å². The van der Waals surface area contributed by atoms with Crippen molar-refractivity contribution in [2.45, 2.75) is 13.3 Å². The highest BCUT2D eigenvalue weighted by Crippen LogP contribution is 2.22. The molecule has 118 valence electrons. The third-order valence-corrected chi connectivity index (χ3v) is 3.20. The summed E-state index contributed by atoms with van der Waals surface area (Å²) in [6, 6.07) is 7.21. The van der Waals surface area contributed by atoms with Gasteiger partial charge in [-0.05, 0) is 25.1 Å². The van der Waals surface area contributed by atoms with Crippen LogP contribution in [0.15, 0.2) is 36.5 Å². The molecule has 2 heterocycles. The SMILES string of the molecule is Cc1cc(C(F)F)n2ncc(C(=O)Nc3cccc(O)c3)c2n1. The number of amides is 1. The molecule has 2 aromatic heterocycles. The van der Waals surface area contributed by atoms with Gasteiger partial charge in [-0.25, -0.2) is 18.3 Å². The molecule has 0 atom stereocenters. The second-order valence-electron chi connectivity index (χ2n) is 4.92. The quantitative estimate of drug-likeness (QED) is 0.778. The zero-order valence-electron chi connectivity index (χ0n) is 12.0. The van der Waals surface area contributed by atoms with E-state index in [1.54, 1.807) is 19.1 Å². The van der Waals surface area contributed by atoms with Gasteiger partial charge in [0.15, 0.2) is 5.65 Å². The largest absolute Gasteiger partial charge is 0.508 e. The summed E-state index contributed by atoms with van der Waals surface area (Å²) in [4.78, 5) is 16.4. The van der Waals surface area contributed by atoms with Crippen LogP contribution in [0.2, 0.25) is 0 Å². The fraction of sp³-hybridized carbons (Fsp3) is 0.133. The lowest BCUT2D eigenvalue weighted by Crippen LogP contribution is -2.12. The third-order valence-electron chi connectivity index (χ3n) is 3.20. The lowest BCUT2D eigenvalue weighted by atomic mass is 10.2. The highest BCUT2D eigenvalue weighted by Gasteiger charge is 2.20. The Labute approximate surface area is 129 Å². The second-order valence-corrected chi connectivity index (χ2v) is 4.92. The Morgan fingerprint density at radius 2 is 2.13 bits per heavy atom. The number of nitrogens with zero attached hydrogens (tertiary/aromatic N) is 3. The molecular weight excluding hydrogens is 306 g/mol. The van der Waals surface area contributed by atoms with Gasteiger partial charge in [-0.1, -0.05) is 6.07 Å². The van der Waals surface area contributed by atoms with Gasteiger partial charge in [-0.3, -0.25) is 4.79 Å². The number of aryl methyl sites for hydroxylation is 1. The molecule has 3 aromatic rings. The van der Waals surface area contributed by atoms with Crippen LogP contribution in [0.1, 0.15) is 28.2 Å². The minimum Gasteiger partial charge on any atom is -0.508 e. The van der Waals surface area contributed by atoms with Crippen molar-refractivity contribution in [3.8, 4) is 5.75 Å². The Morgan fingerprint density at radius 3 is 2.83 bits per heavy atom. The highest BCUT2D eigenvalue weighted by molar-refractivity contribution is 6.08. The van der Waals surface area contributed by atoms with E-state index in [-0.39, 0.29) is 22.7 Å². The molecule has 6 nitrogen and oxygen atoms in total. The van der Waals surface area contributed by atoms with Crippen LogP contribution in [0, 0.1) is 6.92 Å². The minimum absolute atomic E-state index is 0.00313. The van der Waals surface area contributed by atoms with Crippen molar-refractivity contribution in [2.75, 3.05) is 5.32 Å². The first kappa shape index (κ1) is 14.9. The van der Waals surface area contributed by atoms with Crippen molar-refractivity contribution >= 4 is 17.2 Å². The van der Waals surface area contributed by atoms with Gasteiger partial charge < -0.3 is 10.4 Å². The molecule has 0 saturated heterocycles. The van der Waals surface area contributed by atoms with Crippen LogP contribution in [0.3, 0.4) is 0 Å². The van der Waals surface area contributed by atoms with Gasteiger partial charge in [0.1, 0.15) is 17.0 Å². The van der Waals surface area contributed by atoms with Gasteiger partial charge in [0.05, 0.1) is 6.20 Å². The number of alkyl halides is 2. The van der Waals surface area contributed by atoms with E-state index in [0.717, 1.165) is 4.52 Å². The first-order chi connectivity index (χ1) is 11.0. The number of benzene rings is 1. The molecule has 0 saturated carbocycles. The van der Waals surface area contributed by atoms with E-state index in [9.17, 15) is 18.7 Å². The fourth-order valence-electron chi connectivity index (χ4n) is 2.21. The Morgan fingerprint density at radius 1 is 1.35 bits per heavy atom. The molecule has 8 heteroatoms. The number of hydrogen-bond donors (Lipinski definition) is 2. The second kappa shape index (κ2) is 5.64. The normalized spacial score (nSPS) is 11.1. The number of phenolic OH excluding ortho intramolecular Hbond substituents is 1. The summed E-state index contributed by atoms with van der Waals surface area (Å²) in [7, 11) is 0. The number of carbonyl (C=O) groups is 1. The van der Waals surface area contributed by atoms with Crippen LogP contribution in [-0.4, -0.2) is 25.6 Å². The van der Waals surface area contributed by atoms with E-state index in [0.29, 0.717) is 11.4 Å². The van der Waals surface area contributed by atoms with Crippen LogP contribution in [-0.2, 0) is 0 Å². The number of anilines is 1. The van der Waals surface area contributed by atoms with Gasteiger partial charge in [-0.15, -0.1) is 0 Å². The predicted molar refractivity (Wildman–Crippen MR) is 78.7 cm³/mol. The summed E-state index contributed by atoms with van der Waals surface area (Å²) < 4.78 is 27.1. The van der Waals surface area contributed by atoms with Crippen molar-refractivity contribution < 1.29 is 18.7 Å². The number of aromatic nitrogens is 3. The average Bonchev–Trinajstić information content (AvgIpc) is 2.89. The van der Waals surface area contributed by atoms with Crippen LogP contribution in [0.25, 0.3) is 5.65 Å². The molecule has 3 rings (SSSR count). The monoisotopic (exact) mass is 318 g/mol. The van der Waals surface area contributed by atoms with Crippen LogP contribution >= 0.6 is 0 Å². The molecule has 0 spiro atoms. The lowest BCUT2D eigenvalue weighted by molar-refractivity contribution is 0.102. The highest BCUT2D eigenvalue weighted by atomic mass is 19.3. The Kier molecular flexibility index (Phi) is 3.65. The molecular formula is C15H12F2N4O2. The van der Waals surface area contributed by atoms with Crippen molar-refractivity contribution in [1.82, 2.24) is 14.6 Å². The van der Waals surface area contributed by atoms with E-state index in [1.807, 2.05) is 0 Å². The molecule has 0 bridgehead atoms. The number of hydrogen-bond acceptors (Lipinski definition) is 4. The third kappa shape index (κ3) is 2.83. The maximum atomic E-state index is 13.1. The summed E-state index contributed by atoms with van der Waals surface area (Å²) in [5.41, 5.74) is 0.525. The van der Waals surface area contributed by atoms with Crippen LogP contribution < -0.4 is 5.32 Å². The summed E-state index contributed by atoms with van der Waals surface area (Å²) in [5, 5.41) is 15.8. The van der Waals surface area contributed by atoms with Crippen molar-refractivity contribution in [3.05, 3.63) is 53.5 Å². The fourth-order valence-corrected chi connectivity index (χ4v) is 2.21. The van der Waals surface area contributed by atoms with Crippen molar-refractivity contribution in [3.63, 3.8) is 0 Å². The first-order valence-corrected chi connectivity index (χ1v) is 6.69. The van der Waals surface area contributed by atoms with Crippen LogP contribution in [0.4, 0.5) is 14.5 Å². The van der Waals surface area contributed by atoms with E-state index in [1.165, 1.54) is 24.4 Å². The summed E-state index contributed by atoms with van der Waals surface area (Å²) in [6.07, 6.45) is -1.55. The van der Waals surface area contributed by atoms with Gasteiger partial charge in [0, 0.05) is 17.4 Å². The van der Waals surface area contributed by atoms with Gasteiger partial charge in [0.2, 0.25) is 0 Å². The Hall–Kier alpha value is -3.03. The number of carbonyl (C=O) groups excluding carboxylic acids is 1. The predicted octanol–water partition coefficient (Wildman–Crippen LogP) is 2.93. The molecule has 0 fully saturated rings. The van der Waals surface area contributed by atoms with Crippen molar-refractivity contribution in [2.24, 2.45) is 0 Å². The van der Waals surface area contributed by atoms with Gasteiger partial charge >= 0.3 is 0 Å². The number of phenols is 1. The molecule has 0 aliphatic rings. The standard InChI is InChI=1S/C15H12F2N4O2/c1-8-5-12(13(16)17)21-14(19-8)11(7-18-21)15(23)20-9-3-2-4-10(22)6-9/h2-7,13,22H,1H3,(H,20,23). The first-order valence-electron chi connectivity index (χ1n) is 6.69. The number of halogens is 2. The maximum absolute atomic E-state index is 13.1. The molecule has 0 aliphatic carbocycles. The maximum Gasteiger partial charge on any atom is 0.280 e. The molecule has 0 radical (unpaired) electrons. The number of fused-ring (bicyclic) bond motifs is 1. The van der Waals surface area contributed by atoms with Gasteiger partial charge in [0.25, 0.3) is 12.3 Å². The summed E-state index contributed by atoms with van der Waals surface area (Å²) in [6.45, 7) is 1.57. The summed E-state index contributed by atoms with van der Waals surface area (Å²) in [5.74, 6) is -0.555. The smallest absolute Gasteiger partial charge is 0.280 e. The van der Waals surface area contributed by atoms with Crippen molar-refractivity contribution in [1.29, 1.82) is 0 Å². The lowest BCUT2D eigenvalue weighted by Gasteiger charge is -2.06. The molecule has 2 N–H and O–H groups in total. The average molecular weight is 318 g/mol. The molecule has 0 unspecified atom stereocenters. The topological polar surface area (TPSA) is 79.5 Å². The summed E-state index contributed by atoms with van der Waals surface area (Å²) >= 11 is 0. The Balaban J connectivity index is 2.01. The minimum atomic E-state index is -2.74. The van der Waals surface area contributed by atoms with E-state index in [2.05, 4.69) is 15.4 Å². The van der Waals surface area contributed by atoms with E-state index in [4.69, 9.17) is 0 Å². The molecule has 0 aliphatic heterocycles. The zero-order chi connectivity index (χ0) is 16.6. The molecule has 23 heavy (non-hydrogen) atoms. The Bertz CT molecular complexity index is 892. The van der Waals surface area contributed by atoms with Gasteiger partial charge in [-0.2, -0.15) is 5.10 Å².